The minimum atomic E-state index is -1.35. The zero-order chi connectivity index (χ0) is 20.1. The molecule has 8 nitrogen and oxygen atoms in total. The Balaban J connectivity index is 1.69. The molecular weight excluding hydrogens is 386 g/mol. The summed E-state index contributed by atoms with van der Waals surface area (Å²) in [7, 11) is 0. The Labute approximate surface area is 164 Å². The van der Waals surface area contributed by atoms with Crippen LogP contribution in [0, 0.1) is 10.1 Å². The summed E-state index contributed by atoms with van der Waals surface area (Å²) in [5.74, 6) is -0.103. The molecule has 0 spiro atoms. The lowest BCUT2D eigenvalue weighted by Gasteiger charge is -2.08. The number of hydrogen-bond donors (Lipinski definition) is 2. The number of rotatable bonds is 6. The Kier molecular flexibility index (Phi) is 5.83. The second-order valence-electron chi connectivity index (χ2n) is 5.67. The van der Waals surface area contributed by atoms with E-state index in [1.165, 1.54) is 24.4 Å². The van der Waals surface area contributed by atoms with Gasteiger partial charge in [0.05, 0.1) is 16.2 Å². The maximum absolute atomic E-state index is 11.9. The third-order valence-electron chi connectivity index (χ3n) is 3.78. The van der Waals surface area contributed by atoms with Crippen molar-refractivity contribution in [3.8, 4) is 11.3 Å². The summed E-state index contributed by atoms with van der Waals surface area (Å²) in [6, 6.07) is 15.6. The highest BCUT2D eigenvalue weighted by Crippen LogP contribution is 2.32. The summed E-state index contributed by atoms with van der Waals surface area (Å²) in [6.07, 6.45) is -0.112. The molecule has 1 aromatic heterocycles. The minimum Gasteiger partial charge on any atom is -0.455 e. The number of non-ortho nitro benzene ring substituents is 1. The molecule has 1 atom stereocenters. The van der Waals surface area contributed by atoms with Crippen LogP contribution in [0.2, 0.25) is 5.02 Å². The van der Waals surface area contributed by atoms with Crippen molar-refractivity contribution >= 4 is 29.4 Å². The average molecular weight is 400 g/mol. The number of nitro benzene ring substituents is 1. The number of aliphatic hydroxyl groups is 1. The molecule has 9 heteroatoms. The number of carbonyl (C=O) groups excluding carboxylic acids is 1. The van der Waals surface area contributed by atoms with Crippen LogP contribution >= 0.6 is 11.6 Å². The van der Waals surface area contributed by atoms with Crippen molar-refractivity contribution in [2.45, 2.75) is 6.10 Å². The molecule has 0 saturated carbocycles. The Morgan fingerprint density at radius 3 is 2.68 bits per heavy atom. The zero-order valence-electron chi connectivity index (χ0n) is 14.3. The number of aliphatic hydroxyl groups excluding tert-OH is 1. The Morgan fingerprint density at radius 1 is 1.21 bits per heavy atom. The van der Waals surface area contributed by atoms with Crippen LogP contribution in [0.25, 0.3) is 11.3 Å². The van der Waals surface area contributed by atoms with Gasteiger partial charge in [-0.25, -0.2) is 5.43 Å². The summed E-state index contributed by atoms with van der Waals surface area (Å²) in [5, 5.41) is 24.9. The van der Waals surface area contributed by atoms with E-state index in [1.54, 1.807) is 42.5 Å². The van der Waals surface area contributed by atoms with Crippen molar-refractivity contribution in [1.29, 1.82) is 0 Å². The van der Waals surface area contributed by atoms with E-state index in [4.69, 9.17) is 16.0 Å². The van der Waals surface area contributed by atoms with E-state index in [-0.39, 0.29) is 11.4 Å². The van der Waals surface area contributed by atoms with Gasteiger partial charge in [0.2, 0.25) is 0 Å². The zero-order valence-corrected chi connectivity index (χ0v) is 15.0. The first kappa shape index (κ1) is 19.3. The molecule has 0 fully saturated rings. The monoisotopic (exact) mass is 399 g/mol. The number of amides is 1. The first-order chi connectivity index (χ1) is 13.5. The highest BCUT2D eigenvalue weighted by atomic mass is 35.5. The first-order valence-electron chi connectivity index (χ1n) is 8.06. The molecule has 0 saturated heterocycles. The van der Waals surface area contributed by atoms with E-state index in [0.29, 0.717) is 21.9 Å². The van der Waals surface area contributed by atoms with Crippen molar-refractivity contribution in [2.75, 3.05) is 0 Å². The van der Waals surface area contributed by atoms with Crippen molar-refractivity contribution in [1.82, 2.24) is 5.43 Å². The number of hydrogen-bond acceptors (Lipinski definition) is 6. The molecule has 1 amide bonds. The second kappa shape index (κ2) is 8.47. The molecule has 0 aliphatic heterocycles. The van der Waals surface area contributed by atoms with E-state index >= 15 is 0 Å². The van der Waals surface area contributed by atoms with E-state index in [2.05, 4.69) is 10.5 Å². The van der Waals surface area contributed by atoms with Gasteiger partial charge < -0.3 is 9.52 Å². The number of carbonyl (C=O) groups is 1. The summed E-state index contributed by atoms with van der Waals surface area (Å²) >= 11 is 6.08. The number of nitrogens with zero attached hydrogens (tertiary/aromatic N) is 2. The minimum absolute atomic E-state index is 0.117. The highest BCUT2D eigenvalue weighted by molar-refractivity contribution is 6.33. The molecule has 3 aromatic rings. The Bertz CT molecular complexity index is 1030. The number of halogens is 1. The third kappa shape index (κ3) is 4.43. The Hall–Kier alpha value is -3.49. The summed E-state index contributed by atoms with van der Waals surface area (Å²) in [6.45, 7) is 0. The van der Waals surface area contributed by atoms with E-state index < -0.39 is 16.9 Å². The fourth-order valence-corrected chi connectivity index (χ4v) is 2.60. The van der Waals surface area contributed by atoms with Gasteiger partial charge in [0.15, 0.2) is 6.10 Å². The van der Waals surface area contributed by atoms with Gasteiger partial charge in [-0.3, -0.25) is 14.9 Å². The molecule has 0 aliphatic carbocycles. The lowest BCUT2D eigenvalue weighted by molar-refractivity contribution is -0.384. The van der Waals surface area contributed by atoms with Gasteiger partial charge in [-0.2, -0.15) is 5.10 Å². The Morgan fingerprint density at radius 2 is 1.96 bits per heavy atom. The van der Waals surface area contributed by atoms with Gasteiger partial charge in [0, 0.05) is 17.7 Å². The largest absolute Gasteiger partial charge is 0.455 e. The number of benzene rings is 2. The van der Waals surface area contributed by atoms with Gasteiger partial charge in [0.1, 0.15) is 11.5 Å². The molecular formula is C19H14ClN3O5. The molecule has 142 valence electrons. The van der Waals surface area contributed by atoms with Gasteiger partial charge in [-0.15, -0.1) is 0 Å². The fraction of sp³-hybridized carbons (Fsp3) is 0.0526. The van der Waals surface area contributed by atoms with Gasteiger partial charge >= 0.3 is 0 Å². The number of hydrazone groups is 1. The molecule has 2 N–H and O–H groups in total. The lowest BCUT2D eigenvalue weighted by atomic mass is 10.1. The fourth-order valence-electron chi connectivity index (χ4n) is 2.39. The predicted molar refractivity (Wildman–Crippen MR) is 103 cm³/mol. The molecule has 28 heavy (non-hydrogen) atoms. The highest BCUT2D eigenvalue weighted by Gasteiger charge is 2.16. The van der Waals surface area contributed by atoms with Crippen LogP contribution in [0.5, 0.6) is 0 Å². The molecule has 1 heterocycles. The van der Waals surface area contributed by atoms with Crippen molar-refractivity contribution < 1.29 is 19.2 Å². The van der Waals surface area contributed by atoms with Crippen molar-refractivity contribution in [3.05, 3.63) is 87.1 Å². The van der Waals surface area contributed by atoms with Crippen LogP contribution in [-0.4, -0.2) is 22.2 Å². The van der Waals surface area contributed by atoms with Crippen molar-refractivity contribution in [3.63, 3.8) is 0 Å². The molecule has 0 radical (unpaired) electrons. The number of furan rings is 1. The smallest absolute Gasteiger partial charge is 0.273 e. The standard InChI is InChI=1S/C19H14ClN3O5/c20-16-8-6-13(23(26)27)10-15(16)17-9-7-14(28-17)11-21-22-19(25)18(24)12-4-2-1-3-5-12/h1-11,18,24H,(H,22,25)/b21-11-/t18-/m0/s1. The van der Waals surface area contributed by atoms with Gasteiger partial charge in [-0.1, -0.05) is 41.9 Å². The quantitative estimate of drug-likeness (QED) is 0.372. The normalized spacial score (nSPS) is 12.1. The summed E-state index contributed by atoms with van der Waals surface area (Å²) in [4.78, 5) is 22.3. The molecule has 2 aromatic carbocycles. The lowest BCUT2D eigenvalue weighted by Crippen LogP contribution is -2.25. The molecule has 0 bridgehead atoms. The van der Waals surface area contributed by atoms with Crippen LogP contribution in [-0.2, 0) is 4.79 Å². The van der Waals surface area contributed by atoms with Crippen LogP contribution in [0.3, 0.4) is 0 Å². The SMILES string of the molecule is O=C(N/N=C\c1ccc(-c2cc([N+](=O)[O-])ccc2Cl)o1)[C@@H](O)c1ccccc1. The van der Waals surface area contributed by atoms with Crippen LogP contribution in [0.4, 0.5) is 5.69 Å². The van der Waals surface area contributed by atoms with Crippen LogP contribution < -0.4 is 5.43 Å². The van der Waals surface area contributed by atoms with Crippen molar-refractivity contribution in [2.24, 2.45) is 5.10 Å². The maximum atomic E-state index is 11.9. The second-order valence-corrected chi connectivity index (χ2v) is 6.08. The van der Waals surface area contributed by atoms with Crippen LogP contribution in [0.15, 0.2) is 70.2 Å². The number of nitro groups is 1. The van der Waals surface area contributed by atoms with Gasteiger partial charge in [-0.05, 0) is 23.8 Å². The third-order valence-corrected chi connectivity index (χ3v) is 4.11. The number of nitrogens with one attached hydrogen (secondary N) is 1. The topological polar surface area (TPSA) is 118 Å². The average Bonchev–Trinajstić information content (AvgIpc) is 3.16. The van der Waals surface area contributed by atoms with Crippen LogP contribution in [0.1, 0.15) is 17.4 Å². The molecule has 0 aliphatic rings. The molecule has 0 unspecified atom stereocenters. The predicted octanol–water partition coefficient (Wildman–Crippen LogP) is 3.69. The molecule has 3 rings (SSSR count). The van der Waals surface area contributed by atoms with E-state index in [1.807, 2.05) is 0 Å². The van der Waals surface area contributed by atoms with E-state index in [0.717, 1.165) is 0 Å². The summed E-state index contributed by atoms with van der Waals surface area (Å²) < 4.78 is 5.54. The van der Waals surface area contributed by atoms with E-state index in [9.17, 15) is 20.0 Å². The van der Waals surface area contributed by atoms with Gasteiger partial charge in [0.25, 0.3) is 11.6 Å². The first-order valence-corrected chi connectivity index (χ1v) is 8.43. The maximum Gasteiger partial charge on any atom is 0.273 e. The summed E-state index contributed by atoms with van der Waals surface area (Å²) in [5.41, 5.74) is 2.90.